The summed E-state index contributed by atoms with van der Waals surface area (Å²) in [5, 5.41) is 3.52. The van der Waals surface area contributed by atoms with Crippen molar-refractivity contribution in [3.8, 4) is 0 Å². The van der Waals surface area contributed by atoms with Crippen molar-refractivity contribution in [1.82, 2.24) is 4.98 Å². The molecule has 1 rings (SSSR count). The van der Waals surface area contributed by atoms with E-state index in [2.05, 4.69) is 10.3 Å². The van der Waals surface area contributed by atoms with Gasteiger partial charge in [0.15, 0.2) is 5.13 Å². The number of hydrogen-bond acceptors (Lipinski definition) is 4. The predicted octanol–water partition coefficient (Wildman–Crippen LogP) is 2.48. The molecule has 0 aliphatic carbocycles. The molecule has 0 spiro atoms. The van der Waals surface area contributed by atoms with Gasteiger partial charge in [0.25, 0.3) is 0 Å². The summed E-state index contributed by atoms with van der Waals surface area (Å²) in [5.74, 6) is 0. The lowest BCUT2D eigenvalue weighted by atomic mass is 10.2. The molecule has 0 saturated heterocycles. The molecule has 80 valence electrons. The van der Waals surface area contributed by atoms with Crippen molar-refractivity contribution in [2.75, 3.05) is 11.1 Å². The van der Waals surface area contributed by atoms with Crippen LogP contribution in [0.1, 0.15) is 13.3 Å². The molecule has 3 nitrogen and oxygen atoms in total. The Morgan fingerprint density at radius 2 is 2.29 bits per heavy atom. The molecule has 0 aliphatic rings. The summed E-state index contributed by atoms with van der Waals surface area (Å²) in [5.41, 5.74) is 5.38. The highest BCUT2D eigenvalue weighted by atomic mass is 32.1. The van der Waals surface area contributed by atoms with Crippen LogP contribution in [0.15, 0.2) is 6.20 Å². The number of rotatable bonds is 3. The van der Waals surface area contributed by atoms with Gasteiger partial charge in [-0.25, -0.2) is 4.98 Å². The highest BCUT2D eigenvalue weighted by Crippen LogP contribution is 2.25. The maximum atomic E-state index is 11.9. The van der Waals surface area contributed by atoms with Crippen LogP contribution in [-0.4, -0.2) is 17.2 Å². The summed E-state index contributed by atoms with van der Waals surface area (Å²) in [6.07, 6.45) is -3.63. The SMILES string of the molecule is CC(CC(F)(F)F)Nc1ncc(N)s1. The van der Waals surface area contributed by atoms with Crippen molar-refractivity contribution in [3.63, 3.8) is 0 Å². The van der Waals surface area contributed by atoms with E-state index in [0.717, 1.165) is 11.3 Å². The first-order valence-electron chi connectivity index (χ1n) is 3.91. The van der Waals surface area contributed by atoms with Gasteiger partial charge in [-0.05, 0) is 6.92 Å². The van der Waals surface area contributed by atoms with E-state index in [1.54, 1.807) is 0 Å². The van der Waals surface area contributed by atoms with Crippen LogP contribution in [0.2, 0.25) is 0 Å². The third kappa shape index (κ3) is 3.82. The lowest BCUT2D eigenvalue weighted by Gasteiger charge is -2.14. The van der Waals surface area contributed by atoms with Gasteiger partial charge in [-0.1, -0.05) is 11.3 Å². The standard InChI is InChI=1S/C7H10F3N3S/c1-4(2-7(8,9)10)13-6-12-3-5(11)14-6/h3-4H,2,11H2,1H3,(H,12,13). The molecule has 1 heterocycles. The maximum Gasteiger partial charge on any atom is 0.391 e. The van der Waals surface area contributed by atoms with Gasteiger partial charge in [-0.2, -0.15) is 13.2 Å². The second-order valence-corrected chi connectivity index (χ2v) is 3.99. The van der Waals surface area contributed by atoms with Crippen molar-refractivity contribution < 1.29 is 13.2 Å². The largest absolute Gasteiger partial charge is 0.391 e. The zero-order valence-electron chi connectivity index (χ0n) is 7.43. The second kappa shape index (κ2) is 4.04. The maximum absolute atomic E-state index is 11.9. The molecular weight excluding hydrogens is 215 g/mol. The minimum absolute atomic E-state index is 0.416. The first-order valence-corrected chi connectivity index (χ1v) is 4.73. The topological polar surface area (TPSA) is 50.9 Å². The molecule has 0 aromatic carbocycles. The quantitative estimate of drug-likeness (QED) is 0.830. The number of anilines is 2. The number of aromatic nitrogens is 1. The van der Waals surface area contributed by atoms with Gasteiger partial charge in [0, 0.05) is 6.04 Å². The van der Waals surface area contributed by atoms with E-state index >= 15 is 0 Å². The van der Waals surface area contributed by atoms with Crippen LogP contribution in [0.25, 0.3) is 0 Å². The molecule has 1 aromatic rings. The molecule has 1 atom stereocenters. The number of alkyl halides is 3. The van der Waals surface area contributed by atoms with E-state index in [0.29, 0.717) is 10.1 Å². The summed E-state index contributed by atoms with van der Waals surface area (Å²) in [6.45, 7) is 1.45. The first-order chi connectivity index (χ1) is 6.37. The minimum Gasteiger partial charge on any atom is -0.389 e. The Balaban J connectivity index is 2.45. The molecule has 0 radical (unpaired) electrons. The van der Waals surface area contributed by atoms with Crippen molar-refractivity contribution >= 4 is 21.5 Å². The van der Waals surface area contributed by atoms with E-state index in [1.165, 1.54) is 13.1 Å². The Hall–Kier alpha value is -0.980. The van der Waals surface area contributed by atoms with E-state index in [-0.39, 0.29) is 0 Å². The number of nitrogen functional groups attached to an aromatic ring is 1. The third-order valence-corrected chi connectivity index (χ3v) is 2.19. The van der Waals surface area contributed by atoms with Crippen molar-refractivity contribution in [2.45, 2.75) is 25.6 Å². The summed E-state index contributed by atoms with van der Waals surface area (Å²) in [6, 6.07) is -0.694. The molecular formula is C7H10F3N3S. The van der Waals surface area contributed by atoms with Gasteiger partial charge in [-0.3, -0.25) is 0 Å². The van der Waals surface area contributed by atoms with Gasteiger partial charge in [0.1, 0.15) is 5.00 Å². The second-order valence-electron chi connectivity index (χ2n) is 2.93. The number of hydrogen-bond donors (Lipinski definition) is 2. The Kier molecular flexibility index (Phi) is 3.20. The minimum atomic E-state index is -4.16. The lowest BCUT2D eigenvalue weighted by molar-refractivity contribution is -0.136. The van der Waals surface area contributed by atoms with Gasteiger partial charge in [-0.15, -0.1) is 0 Å². The smallest absolute Gasteiger partial charge is 0.389 e. The Labute approximate surface area is 83.1 Å². The number of nitrogens with two attached hydrogens (primary N) is 1. The molecule has 1 unspecified atom stereocenters. The number of thiazole rings is 1. The fourth-order valence-electron chi connectivity index (χ4n) is 0.962. The van der Waals surface area contributed by atoms with Crippen LogP contribution in [0.5, 0.6) is 0 Å². The molecule has 14 heavy (non-hydrogen) atoms. The van der Waals surface area contributed by atoms with Gasteiger partial charge in [0.05, 0.1) is 12.6 Å². The monoisotopic (exact) mass is 225 g/mol. The number of nitrogens with one attached hydrogen (secondary N) is 1. The lowest BCUT2D eigenvalue weighted by Crippen LogP contribution is -2.23. The molecule has 1 aromatic heterocycles. The molecule has 0 aliphatic heterocycles. The van der Waals surface area contributed by atoms with Crippen LogP contribution >= 0.6 is 11.3 Å². The van der Waals surface area contributed by atoms with E-state index in [4.69, 9.17) is 5.73 Å². The number of halogens is 3. The zero-order valence-corrected chi connectivity index (χ0v) is 8.25. The molecule has 0 fully saturated rings. The summed E-state index contributed by atoms with van der Waals surface area (Å²) in [4.78, 5) is 3.80. The Morgan fingerprint density at radius 3 is 2.71 bits per heavy atom. The normalized spacial score (nSPS) is 14.0. The zero-order chi connectivity index (χ0) is 10.8. The van der Waals surface area contributed by atoms with Crippen LogP contribution in [0.4, 0.5) is 23.3 Å². The highest BCUT2D eigenvalue weighted by Gasteiger charge is 2.30. The summed E-state index contributed by atoms with van der Waals surface area (Å²) >= 11 is 1.13. The number of nitrogens with zero attached hydrogens (tertiary/aromatic N) is 1. The van der Waals surface area contributed by atoms with Crippen molar-refractivity contribution in [2.24, 2.45) is 0 Å². The molecule has 0 saturated carbocycles. The van der Waals surface area contributed by atoms with E-state index < -0.39 is 18.6 Å². The molecule has 0 bridgehead atoms. The summed E-state index contributed by atoms with van der Waals surface area (Å²) in [7, 11) is 0. The Morgan fingerprint density at radius 1 is 1.64 bits per heavy atom. The van der Waals surface area contributed by atoms with Gasteiger partial charge in [0.2, 0.25) is 0 Å². The van der Waals surface area contributed by atoms with Crippen LogP contribution in [0.3, 0.4) is 0 Å². The van der Waals surface area contributed by atoms with Crippen LogP contribution in [0, 0.1) is 0 Å². The fourth-order valence-corrected chi connectivity index (χ4v) is 1.66. The molecule has 0 amide bonds. The van der Waals surface area contributed by atoms with Gasteiger partial charge < -0.3 is 11.1 Å². The predicted molar refractivity (Wildman–Crippen MR) is 50.3 cm³/mol. The van der Waals surface area contributed by atoms with Crippen molar-refractivity contribution in [1.29, 1.82) is 0 Å². The highest BCUT2D eigenvalue weighted by molar-refractivity contribution is 7.19. The van der Waals surface area contributed by atoms with Crippen LogP contribution < -0.4 is 11.1 Å². The third-order valence-electron chi connectivity index (χ3n) is 1.43. The average Bonchev–Trinajstić information content (AvgIpc) is 2.30. The molecule has 3 N–H and O–H groups in total. The molecule has 7 heteroatoms. The first kappa shape index (κ1) is 11.1. The Bertz CT molecular complexity index is 297. The van der Waals surface area contributed by atoms with Gasteiger partial charge >= 0.3 is 6.18 Å². The fraction of sp³-hybridized carbons (Fsp3) is 0.571. The summed E-state index contributed by atoms with van der Waals surface area (Å²) < 4.78 is 35.8. The van der Waals surface area contributed by atoms with Crippen molar-refractivity contribution in [3.05, 3.63) is 6.20 Å². The van der Waals surface area contributed by atoms with E-state index in [1.807, 2.05) is 0 Å². The van der Waals surface area contributed by atoms with Crippen LogP contribution in [-0.2, 0) is 0 Å². The van der Waals surface area contributed by atoms with E-state index in [9.17, 15) is 13.2 Å². The average molecular weight is 225 g/mol.